The van der Waals surface area contributed by atoms with Crippen molar-refractivity contribution in [3.05, 3.63) is 36.0 Å². The fraction of sp³-hybridized carbons (Fsp3) is 0.375. The summed E-state index contributed by atoms with van der Waals surface area (Å²) in [4.78, 5) is 17.7. The maximum absolute atomic E-state index is 11.0. The predicted molar refractivity (Wildman–Crippen MR) is 79.1 cm³/mol. The SMILES string of the molecule is Cc1ccc2cc(N3CCC(C(=O)O)CC3)ccc2n1. The first kappa shape index (κ1) is 12.9. The molecule has 4 heteroatoms. The standard InChI is InChI=1S/C16H18N2O2/c1-11-2-3-13-10-14(4-5-15(13)17-11)18-8-6-12(7-9-18)16(19)20/h2-5,10,12H,6-9H2,1H3,(H,19,20). The lowest BCUT2D eigenvalue weighted by Gasteiger charge is -2.32. The monoisotopic (exact) mass is 270 g/mol. The van der Waals surface area contributed by atoms with Gasteiger partial charge in [0.1, 0.15) is 0 Å². The van der Waals surface area contributed by atoms with Crippen LogP contribution in [0.15, 0.2) is 30.3 Å². The van der Waals surface area contributed by atoms with Crippen LogP contribution in [-0.2, 0) is 4.79 Å². The van der Waals surface area contributed by atoms with E-state index in [4.69, 9.17) is 5.11 Å². The van der Waals surface area contributed by atoms with E-state index in [2.05, 4.69) is 28.1 Å². The zero-order chi connectivity index (χ0) is 14.1. The van der Waals surface area contributed by atoms with Crippen LogP contribution in [0.1, 0.15) is 18.5 Å². The summed E-state index contributed by atoms with van der Waals surface area (Å²) in [5.41, 5.74) is 3.19. The number of nitrogens with zero attached hydrogens (tertiary/aromatic N) is 2. The topological polar surface area (TPSA) is 53.4 Å². The summed E-state index contributed by atoms with van der Waals surface area (Å²) in [6.07, 6.45) is 1.44. The Bertz CT molecular complexity index is 646. The minimum Gasteiger partial charge on any atom is -0.481 e. The van der Waals surface area contributed by atoms with Gasteiger partial charge in [-0.1, -0.05) is 6.07 Å². The maximum Gasteiger partial charge on any atom is 0.306 e. The number of rotatable bonds is 2. The summed E-state index contributed by atoms with van der Waals surface area (Å²) >= 11 is 0. The predicted octanol–water partition coefficient (Wildman–Crippen LogP) is 2.84. The van der Waals surface area contributed by atoms with Crippen LogP contribution in [-0.4, -0.2) is 29.1 Å². The molecule has 0 saturated carbocycles. The highest BCUT2D eigenvalue weighted by atomic mass is 16.4. The fourth-order valence-electron chi connectivity index (χ4n) is 2.80. The molecule has 20 heavy (non-hydrogen) atoms. The highest BCUT2D eigenvalue weighted by Gasteiger charge is 2.24. The number of anilines is 1. The molecule has 1 saturated heterocycles. The minimum atomic E-state index is -0.664. The minimum absolute atomic E-state index is 0.184. The Hall–Kier alpha value is -2.10. The molecule has 3 rings (SSSR count). The van der Waals surface area contributed by atoms with Gasteiger partial charge in [0.25, 0.3) is 0 Å². The van der Waals surface area contributed by atoms with E-state index < -0.39 is 5.97 Å². The summed E-state index contributed by atoms with van der Waals surface area (Å²) in [7, 11) is 0. The molecule has 1 N–H and O–H groups in total. The molecule has 2 aromatic rings. The number of piperidine rings is 1. The van der Waals surface area contributed by atoms with Gasteiger partial charge in [-0.15, -0.1) is 0 Å². The first-order chi connectivity index (χ1) is 9.63. The van der Waals surface area contributed by atoms with Crippen LogP contribution in [0.3, 0.4) is 0 Å². The van der Waals surface area contributed by atoms with Crippen molar-refractivity contribution in [1.29, 1.82) is 0 Å². The van der Waals surface area contributed by atoms with Crippen LogP contribution >= 0.6 is 0 Å². The summed E-state index contributed by atoms with van der Waals surface area (Å²) in [5, 5.41) is 10.2. The molecule has 1 fully saturated rings. The van der Waals surface area contributed by atoms with Gasteiger partial charge in [-0.2, -0.15) is 0 Å². The molecule has 0 spiro atoms. The molecular formula is C16H18N2O2. The van der Waals surface area contributed by atoms with Gasteiger partial charge in [0.05, 0.1) is 11.4 Å². The molecule has 0 unspecified atom stereocenters. The second-order valence-electron chi connectivity index (χ2n) is 5.43. The van der Waals surface area contributed by atoms with Crippen molar-refractivity contribution in [2.24, 2.45) is 5.92 Å². The summed E-state index contributed by atoms with van der Waals surface area (Å²) in [5.74, 6) is -0.848. The average Bonchev–Trinajstić information content (AvgIpc) is 2.47. The van der Waals surface area contributed by atoms with Crippen molar-refractivity contribution >= 4 is 22.6 Å². The summed E-state index contributed by atoms with van der Waals surface area (Å²) in [6, 6.07) is 10.4. The van der Waals surface area contributed by atoms with Crippen LogP contribution in [0.4, 0.5) is 5.69 Å². The molecular weight excluding hydrogens is 252 g/mol. The quantitative estimate of drug-likeness (QED) is 0.911. The maximum atomic E-state index is 11.0. The van der Waals surface area contributed by atoms with E-state index in [-0.39, 0.29) is 5.92 Å². The summed E-state index contributed by atoms with van der Waals surface area (Å²) in [6.45, 7) is 3.60. The largest absolute Gasteiger partial charge is 0.481 e. The Kier molecular flexibility index (Phi) is 3.30. The number of benzene rings is 1. The molecule has 1 aliphatic rings. The second kappa shape index (κ2) is 5.12. The van der Waals surface area contributed by atoms with Gasteiger partial charge >= 0.3 is 5.97 Å². The van der Waals surface area contributed by atoms with Gasteiger partial charge in [0, 0.05) is 29.9 Å². The number of aliphatic carboxylic acids is 1. The van der Waals surface area contributed by atoms with Crippen molar-refractivity contribution in [1.82, 2.24) is 4.98 Å². The van der Waals surface area contributed by atoms with Gasteiger partial charge in [0.2, 0.25) is 0 Å². The van der Waals surface area contributed by atoms with Crippen molar-refractivity contribution in [2.75, 3.05) is 18.0 Å². The third kappa shape index (κ3) is 2.46. The zero-order valence-electron chi connectivity index (χ0n) is 11.5. The molecule has 1 aromatic heterocycles. The van der Waals surface area contributed by atoms with E-state index in [9.17, 15) is 4.79 Å². The molecule has 0 atom stereocenters. The Morgan fingerprint density at radius 3 is 2.70 bits per heavy atom. The van der Waals surface area contributed by atoms with E-state index in [1.54, 1.807) is 0 Å². The van der Waals surface area contributed by atoms with Gasteiger partial charge in [-0.25, -0.2) is 0 Å². The Morgan fingerprint density at radius 2 is 2.00 bits per heavy atom. The second-order valence-corrected chi connectivity index (χ2v) is 5.43. The van der Waals surface area contributed by atoms with E-state index in [0.29, 0.717) is 0 Å². The molecule has 1 aromatic carbocycles. The van der Waals surface area contributed by atoms with Crippen molar-refractivity contribution in [2.45, 2.75) is 19.8 Å². The molecule has 104 valence electrons. The Morgan fingerprint density at radius 1 is 1.25 bits per heavy atom. The molecule has 4 nitrogen and oxygen atoms in total. The lowest BCUT2D eigenvalue weighted by Crippen LogP contribution is -2.36. The van der Waals surface area contributed by atoms with Crippen LogP contribution in [0, 0.1) is 12.8 Å². The smallest absolute Gasteiger partial charge is 0.306 e. The number of aromatic nitrogens is 1. The van der Waals surface area contributed by atoms with Gasteiger partial charge in [-0.3, -0.25) is 9.78 Å². The molecule has 0 amide bonds. The van der Waals surface area contributed by atoms with Crippen molar-refractivity contribution in [3.63, 3.8) is 0 Å². The lowest BCUT2D eigenvalue weighted by molar-refractivity contribution is -0.142. The number of carboxylic acid groups (broad SMARTS) is 1. The molecule has 0 bridgehead atoms. The highest BCUT2D eigenvalue weighted by Crippen LogP contribution is 2.26. The van der Waals surface area contributed by atoms with Crippen LogP contribution < -0.4 is 4.90 Å². The Labute approximate surface area is 118 Å². The number of carbonyl (C=O) groups is 1. The third-order valence-electron chi connectivity index (χ3n) is 4.02. The normalized spacial score (nSPS) is 16.6. The molecule has 1 aliphatic heterocycles. The first-order valence-corrected chi connectivity index (χ1v) is 6.98. The van der Waals surface area contributed by atoms with Gasteiger partial charge in [0.15, 0.2) is 0 Å². The number of aryl methyl sites for hydroxylation is 1. The van der Waals surface area contributed by atoms with Crippen LogP contribution in [0.5, 0.6) is 0 Å². The lowest BCUT2D eigenvalue weighted by atomic mass is 9.96. The summed E-state index contributed by atoms with van der Waals surface area (Å²) < 4.78 is 0. The van der Waals surface area contributed by atoms with E-state index >= 15 is 0 Å². The number of hydrogen-bond acceptors (Lipinski definition) is 3. The van der Waals surface area contributed by atoms with Crippen molar-refractivity contribution < 1.29 is 9.90 Å². The van der Waals surface area contributed by atoms with Crippen LogP contribution in [0.25, 0.3) is 10.9 Å². The van der Waals surface area contributed by atoms with E-state index in [0.717, 1.165) is 48.2 Å². The molecule has 2 heterocycles. The number of pyridine rings is 1. The highest BCUT2D eigenvalue weighted by molar-refractivity contribution is 5.82. The van der Waals surface area contributed by atoms with E-state index in [1.165, 1.54) is 0 Å². The zero-order valence-corrected chi connectivity index (χ0v) is 11.5. The van der Waals surface area contributed by atoms with E-state index in [1.807, 2.05) is 19.1 Å². The molecule has 0 aliphatic carbocycles. The average molecular weight is 270 g/mol. The molecule has 0 radical (unpaired) electrons. The fourth-order valence-corrected chi connectivity index (χ4v) is 2.80. The Balaban J connectivity index is 1.81. The van der Waals surface area contributed by atoms with Crippen molar-refractivity contribution in [3.8, 4) is 0 Å². The number of hydrogen-bond donors (Lipinski definition) is 1. The number of fused-ring (bicyclic) bond motifs is 1. The van der Waals surface area contributed by atoms with Crippen LogP contribution in [0.2, 0.25) is 0 Å². The van der Waals surface area contributed by atoms with Gasteiger partial charge < -0.3 is 10.0 Å². The number of carboxylic acids is 1. The first-order valence-electron chi connectivity index (χ1n) is 6.98. The van der Waals surface area contributed by atoms with Gasteiger partial charge in [-0.05, 0) is 44.0 Å². The third-order valence-corrected chi connectivity index (χ3v) is 4.02.